The highest BCUT2D eigenvalue weighted by Gasteiger charge is 2.19. The molecule has 6 heteroatoms. The molecule has 5 nitrogen and oxygen atoms in total. The molecule has 0 aliphatic carbocycles. The van der Waals surface area contributed by atoms with E-state index in [4.69, 9.17) is 10.5 Å². The predicted molar refractivity (Wildman–Crippen MR) is 74.1 cm³/mol. The van der Waals surface area contributed by atoms with Crippen LogP contribution in [-0.4, -0.2) is 29.9 Å². The molecule has 0 aliphatic heterocycles. The standard InChI is InChI=1S/C14H21FN2O3/c1-14(2,3)20-13(19)17-8-9(7-16)11-5-4-10(18)6-12(11)15/h4-6,9,18H,7-8,16H2,1-3H3,(H,17,19). The number of ether oxygens (including phenoxy) is 1. The van der Waals surface area contributed by atoms with Gasteiger partial charge in [0.2, 0.25) is 0 Å². The fraction of sp³-hybridized carbons (Fsp3) is 0.500. The normalized spacial score (nSPS) is 12.8. The van der Waals surface area contributed by atoms with Gasteiger partial charge in [0.05, 0.1) is 0 Å². The molecule has 0 spiro atoms. The van der Waals surface area contributed by atoms with Crippen molar-refractivity contribution in [2.45, 2.75) is 32.3 Å². The van der Waals surface area contributed by atoms with Crippen LogP contribution >= 0.6 is 0 Å². The van der Waals surface area contributed by atoms with Crippen LogP contribution < -0.4 is 11.1 Å². The summed E-state index contributed by atoms with van der Waals surface area (Å²) in [4.78, 5) is 11.5. The number of carbonyl (C=O) groups is 1. The summed E-state index contributed by atoms with van der Waals surface area (Å²) in [6, 6.07) is 3.86. The van der Waals surface area contributed by atoms with E-state index >= 15 is 0 Å². The van der Waals surface area contributed by atoms with Crippen molar-refractivity contribution in [1.29, 1.82) is 0 Å². The Morgan fingerprint density at radius 3 is 2.65 bits per heavy atom. The lowest BCUT2D eigenvalue weighted by Gasteiger charge is -2.22. The summed E-state index contributed by atoms with van der Waals surface area (Å²) in [7, 11) is 0. The summed E-state index contributed by atoms with van der Waals surface area (Å²) in [5.41, 5.74) is 5.36. The minimum Gasteiger partial charge on any atom is -0.508 e. The van der Waals surface area contributed by atoms with Crippen molar-refractivity contribution in [3.05, 3.63) is 29.6 Å². The average molecular weight is 284 g/mol. The smallest absolute Gasteiger partial charge is 0.407 e. The highest BCUT2D eigenvalue weighted by Crippen LogP contribution is 2.22. The Hall–Kier alpha value is -1.82. The first-order valence-electron chi connectivity index (χ1n) is 6.38. The van der Waals surface area contributed by atoms with Crippen molar-refractivity contribution in [3.8, 4) is 5.75 Å². The van der Waals surface area contributed by atoms with Gasteiger partial charge < -0.3 is 20.9 Å². The molecular weight excluding hydrogens is 263 g/mol. The maximum absolute atomic E-state index is 13.7. The minimum absolute atomic E-state index is 0.151. The van der Waals surface area contributed by atoms with E-state index in [1.165, 1.54) is 12.1 Å². The van der Waals surface area contributed by atoms with Crippen LogP contribution in [-0.2, 0) is 4.74 Å². The van der Waals surface area contributed by atoms with E-state index in [0.29, 0.717) is 5.56 Å². The Balaban J connectivity index is 2.66. The molecule has 0 radical (unpaired) electrons. The van der Waals surface area contributed by atoms with Gasteiger partial charge in [-0.1, -0.05) is 6.07 Å². The second kappa shape index (κ2) is 6.56. The fourth-order valence-corrected chi connectivity index (χ4v) is 1.69. The number of hydrogen-bond acceptors (Lipinski definition) is 4. The third kappa shape index (κ3) is 5.05. The molecule has 0 aliphatic rings. The van der Waals surface area contributed by atoms with Gasteiger partial charge in [-0.15, -0.1) is 0 Å². The molecule has 1 aromatic rings. The van der Waals surface area contributed by atoms with Crippen LogP contribution in [0.15, 0.2) is 18.2 Å². The Morgan fingerprint density at radius 2 is 2.15 bits per heavy atom. The summed E-state index contributed by atoms with van der Waals surface area (Å²) in [5.74, 6) is -1.09. The van der Waals surface area contributed by atoms with E-state index in [-0.39, 0.29) is 24.8 Å². The lowest BCUT2D eigenvalue weighted by Crippen LogP contribution is -2.36. The number of alkyl carbamates (subject to hydrolysis) is 1. The summed E-state index contributed by atoms with van der Waals surface area (Å²) >= 11 is 0. The van der Waals surface area contributed by atoms with Crippen LogP contribution in [0.5, 0.6) is 5.75 Å². The number of amides is 1. The highest BCUT2D eigenvalue weighted by atomic mass is 19.1. The van der Waals surface area contributed by atoms with Crippen LogP contribution in [0, 0.1) is 5.82 Å². The molecule has 1 amide bonds. The van der Waals surface area contributed by atoms with Gasteiger partial charge in [-0.2, -0.15) is 0 Å². The maximum Gasteiger partial charge on any atom is 0.407 e. The first kappa shape index (κ1) is 16.2. The zero-order chi connectivity index (χ0) is 15.3. The van der Waals surface area contributed by atoms with E-state index in [2.05, 4.69) is 5.32 Å². The molecule has 0 heterocycles. The van der Waals surface area contributed by atoms with Gasteiger partial charge >= 0.3 is 6.09 Å². The number of hydrogen-bond donors (Lipinski definition) is 3. The van der Waals surface area contributed by atoms with E-state index in [1.807, 2.05) is 0 Å². The van der Waals surface area contributed by atoms with E-state index in [0.717, 1.165) is 6.07 Å². The summed E-state index contributed by atoms with van der Waals surface area (Å²) < 4.78 is 18.8. The average Bonchev–Trinajstić information content (AvgIpc) is 2.29. The van der Waals surface area contributed by atoms with Gasteiger partial charge in [0.25, 0.3) is 0 Å². The quantitative estimate of drug-likeness (QED) is 0.790. The molecule has 0 saturated carbocycles. The van der Waals surface area contributed by atoms with Crippen molar-refractivity contribution in [1.82, 2.24) is 5.32 Å². The summed E-state index contributed by atoms with van der Waals surface area (Å²) in [6.45, 7) is 5.59. The van der Waals surface area contributed by atoms with Gasteiger partial charge in [0.15, 0.2) is 0 Å². The number of carbonyl (C=O) groups excluding carboxylic acids is 1. The van der Waals surface area contributed by atoms with Crippen molar-refractivity contribution in [3.63, 3.8) is 0 Å². The lowest BCUT2D eigenvalue weighted by atomic mass is 9.98. The second-order valence-corrected chi connectivity index (χ2v) is 5.52. The van der Waals surface area contributed by atoms with Crippen LogP contribution in [0.25, 0.3) is 0 Å². The third-order valence-electron chi connectivity index (χ3n) is 2.60. The predicted octanol–water partition coefficient (Wildman–Crippen LogP) is 2.10. The van der Waals surface area contributed by atoms with Crippen molar-refractivity contribution in [2.24, 2.45) is 5.73 Å². The van der Waals surface area contributed by atoms with Gasteiger partial charge in [0.1, 0.15) is 17.2 Å². The number of nitrogens with two attached hydrogens (primary N) is 1. The Labute approximate surface area is 117 Å². The molecule has 1 rings (SSSR count). The lowest BCUT2D eigenvalue weighted by molar-refractivity contribution is 0.0524. The largest absolute Gasteiger partial charge is 0.508 e. The number of halogens is 1. The van der Waals surface area contributed by atoms with Crippen LogP contribution in [0.4, 0.5) is 9.18 Å². The number of phenols is 1. The van der Waals surface area contributed by atoms with Crippen LogP contribution in [0.2, 0.25) is 0 Å². The van der Waals surface area contributed by atoms with E-state index < -0.39 is 17.5 Å². The molecule has 20 heavy (non-hydrogen) atoms. The zero-order valence-electron chi connectivity index (χ0n) is 11.9. The zero-order valence-corrected chi connectivity index (χ0v) is 11.9. The molecular formula is C14H21FN2O3. The van der Waals surface area contributed by atoms with Gasteiger partial charge in [0, 0.05) is 25.1 Å². The van der Waals surface area contributed by atoms with Gasteiger partial charge in [-0.05, 0) is 32.4 Å². The number of aromatic hydroxyl groups is 1. The van der Waals surface area contributed by atoms with E-state index in [1.54, 1.807) is 20.8 Å². The van der Waals surface area contributed by atoms with Crippen LogP contribution in [0.3, 0.4) is 0 Å². The van der Waals surface area contributed by atoms with Gasteiger partial charge in [-0.25, -0.2) is 9.18 Å². The maximum atomic E-state index is 13.7. The molecule has 0 fully saturated rings. The topological polar surface area (TPSA) is 84.6 Å². The summed E-state index contributed by atoms with van der Waals surface area (Å²) in [6.07, 6.45) is -0.574. The van der Waals surface area contributed by atoms with E-state index in [9.17, 15) is 14.3 Å². The number of benzene rings is 1. The second-order valence-electron chi connectivity index (χ2n) is 5.52. The fourth-order valence-electron chi connectivity index (χ4n) is 1.69. The molecule has 1 unspecified atom stereocenters. The first-order chi connectivity index (χ1) is 9.23. The molecule has 0 saturated heterocycles. The summed E-state index contributed by atoms with van der Waals surface area (Å²) in [5, 5.41) is 11.7. The molecule has 112 valence electrons. The monoisotopic (exact) mass is 284 g/mol. The number of nitrogens with one attached hydrogen (secondary N) is 1. The minimum atomic E-state index is -0.591. The Kier molecular flexibility index (Phi) is 5.33. The SMILES string of the molecule is CC(C)(C)OC(=O)NCC(CN)c1ccc(O)cc1F. The van der Waals surface area contributed by atoms with Gasteiger partial charge in [-0.3, -0.25) is 0 Å². The molecule has 4 N–H and O–H groups in total. The molecule has 1 aromatic carbocycles. The molecule has 0 aromatic heterocycles. The van der Waals surface area contributed by atoms with Crippen molar-refractivity contribution < 1.29 is 19.0 Å². The van der Waals surface area contributed by atoms with Crippen molar-refractivity contribution >= 4 is 6.09 Å². The first-order valence-corrected chi connectivity index (χ1v) is 6.38. The number of phenolic OH excluding ortho intramolecular Hbond substituents is 1. The molecule has 1 atom stereocenters. The Bertz CT molecular complexity index is 472. The van der Waals surface area contributed by atoms with Crippen molar-refractivity contribution in [2.75, 3.05) is 13.1 Å². The third-order valence-corrected chi connectivity index (χ3v) is 2.60. The molecule has 0 bridgehead atoms. The Morgan fingerprint density at radius 1 is 1.50 bits per heavy atom. The number of rotatable bonds is 4. The van der Waals surface area contributed by atoms with Crippen LogP contribution in [0.1, 0.15) is 32.3 Å². The highest BCUT2D eigenvalue weighted by molar-refractivity contribution is 5.67.